The fourth-order valence-electron chi connectivity index (χ4n) is 1.62. The molecule has 2 nitrogen and oxygen atoms in total. The first kappa shape index (κ1) is 11.9. The number of hydrogen-bond donors (Lipinski definition) is 1. The van der Waals surface area contributed by atoms with Gasteiger partial charge in [-0.3, -0.25) is 4.79 Å². The number of thiophene rings is 1. The number of rotatable bonds is 4. The van der Waals surface area contributed by atoms with Gasteiger partial charge in [-0.05, 0) is 30.9 Å². The van der Waals surface area contributed by atoms with Crippen molar-refractivity contribution in [3.8, 4) is 0 Å². The summed E-state index contributed by atoms with van der Waals surface area (Å²) in [4.78, 5) is 12.6. The summed E-state index contributed by atoms with van der Waals surface area (Å²) in [5, 5.41) is 4.05. The smallest absolute Gasteiger partial charge is 0.261 e. The Labute approximate surface area is 105 Å². The summed E-state index contributed by atoms with van der Waals surface area (Å²) < 4.78 is 1.16. The second-order valence-electron chi connectivity index (χ2n) is 3.76. The minimum Gasteiger partial charge on any atom is -0.351 e. The van der Waals surface area contributed by atoms with E-state index >= 15 is 0 Å². The highest BCUT2D eigenvalue weighted by Crippen LogP contribution is 2.24. The van der Waals surface area contributed by atoms with Gasteiger partial charge in [-0.2, -0.15) is 0 Å². The number of benzene rings is 1. The Hall–Kier alpha value is -1.61. The minimum absolute atomic E-state index is 0.0238. The SMILES string of the molecule is C/C=C/CCNC(=O)c1cc2ccccc2s1. The molecule has 1 heterocycles. The van der Waals surface area contributed by atoms with Gasteiger partial charge in [0.25, 0.3) is 5.91 Å². The molecule has 17 heavy (non-hydrogen) atoms. The van der Waals surface area contributed by atoms with E-state index in [1.807, 2.05) is 49.4 Å². The molecule has 0 atom stereocenters. The molecule has 1 N–H and O–H groups in total. The summed E-state index contributed by atoms with van der Waals surface area (Å²) in [6.07, 6.45) is 4.92. The minimum atomic E-state index is 0.0238. The highest BCUT2D eigenvalue weighted by atomic mass is 32.1. The van der Waals surface area contributed by atoms with Gasteiger partial charge in [-0.25, -0.2) is 0 Å². The van der Waals surface area contributed by atoms with Crippen LogP contribution in [0.2, 0.25) is 0 Å². The number of allylic oxidation sites excluding steroid dienone is 1. The third kappa shape index (κ3) is 2.94. The highest BCUT2D eigenvalue weighted by Gasteiger charge is 2.08. The fourth-order valence-corrected chi connectivity index (χ4v) is 2.60. The molecular weight excluding hydrogens is 230 g/mol. The van der Waals surface area contributed by atoms with E-state index in [0.29, 0.717) is 6.54 Å². The lowest BCUT2D eigenvalue weighted by Crippen LogP contribution is -2.23. The third-order valence-electron chi connectivity index (χ3n) is 2.48. The molecule has 2 aromatic rings. The molecule has 3 heteroatoms. The Morgan fingerprint density at radius 3 is 3.00 bits per heavy atom. The van der Waals surface area contributed by atoms with Gasteiger partial charge in [0.05, 0.1) is 4.88 Å². The Bertz CT molecular complexity index is 509. The van der Waals surface area contributed by atoms with Crippen LogP contribution in [-0.2, 0) is 0 Å². The van der Waals surface area contributed by atoms with Gasteiger partial charge in [0.15, 0.2) is 0 Å². The van der Waals surface area contributed by atoms with Gasteiger partial charge in [0.2, 0.25) is 0 Å². The van der Waals surface area contributed by atoms with Crippen LogP contribution in [-0.4, -0.2) is 12.5 Å². The monoisotopic (exact) mass is 245 g/mol. The maximum Gasteiger partial charge on any atom is 0.261 e. The first-order chi connectivity index (χ1) is 8.31. The van der Waals surface area contributed by atoms with E-state index in [9.17, 15) is 4.79 Å². The Morgan fingerprint density at radius 2 is 2.24 bits per heavy atom. The van der Waals surface area contributed by atoms with E-state index in [0.717, 1.165) is 21.4 Å². The van der Waals surface area contributed by atoms with Crippen LogP contribution >= 0.6 is 11.3 Å². The standard InChI is InChI=1S/C14H15NOS/c1-2-3-6-9-15-14(16)13-10-11-7-4-5-8-12(11)17-13/h2-5,7-8,10H,6,9H2,1H3,(H,15,16)/b3-2+. The van der Waals surface area contributed by atoms with Crippen LogP contribution < -0.4 is 5.32 Å². The van der Waals surface area contributed by atoms with Crippen molar-refractivity contribution in [3.63, 3.8) is 0 Å². The molecule has 0 aliphatic heterocycles. The van der Waals surface area contributed by atoms with Crippen LogP contribution in [0.15, 0.2) is 42.5 Å². The molecule has 0 unspecified atom stereocenters. The van der Waals surface area contributed by atoms with Crippen molar-refractivity contribution in [2.45, 2.75) is 13.3 Å². The molecular formula is C14H15NOS. The molecule has 1 aromatic heterocycles. The largest absolute Gasteiger partial charge is 0.351 e. The quantitative estimate of drug-likeness (QED) is 0.647. The third-order valence-corrected chi connectivity index (χ3v) is 3.60. The number of carbonyl (C=O) groups excluding carboxylic acids is 1. The van der Waals surface area contributed by atoms with Gasteiger partial charge < -0.3 is 5.32 Å². The number of fused-ring (bicyclic) bond motifs is 1. The molecule has 2 rings (SSSR count). The maximum atomic E-state index is 11.9. The molecule has 0 aliphatic rings. The average Bonchev–Trinajstić information content (AvgIpc) is 2.78. The summed E-state index contributed by atoms with van der Waals surface area (Å²) in [7, 11) is 0. The fraction of sp³-hybridized carbons (Fsp3) is 0.214. The summed E-state index contributed by atoms with van der Waals surface area (Å²) in [5.41, 5.74) is 0. The van der Waals surface area contributed by atoms with Crippen molar-refractivity contribution in [1.82, 2.24) is 5.32 Å². The van der Waals surface area contributed by atoms with E-state index in [-0.39, 0.29) is 5.91 Å². The van der Waals surface area contributed by atoms with Crippen molar-refractivity contribution in [3.05, 3.63) is 47.4 Å². The molecule has 1 amide bonds. The Balaban J connectivity index is 2.03. The average molecular weight is 245 g/mol. The topological polar surface area (TPSA) is 29.1 Å². The second-order valence-corrected chi connectivity index (χ2v) is 4.85. The zero-order valence-electron chi connectivity index (χ0n) is 9.77. The molecule has 0 bridgehead atoms. The lowest BCUT2D eigenvalue weighted by atomic mass is 10.2. The summed E-state index contributed by atoms with van der Waals surface area (Å²) >= 11 is 1.54. The van der Waals surface area contributed by atoms with E-state index in [4.69, 9.17) is 0 Å². The number of nitrogens with one attached hydrogen (secondary N) is 1. The summed E-state index contributed by atoms with van der Waals surface area (Å²) in [6, 6.07) is 10.00. The molecule has 0 saturated heterocycles. The normalized spacial score (nSPS) is 11.1. The van der Waals surface area contributed by atoms with Crippen molar-refractivity contribution in [2.24, 2.45) is 0 Å². The Kier molecular flexibility index (Phi) is 3.94. The van der Waals surface area contributed by atoms with Crippen molar-refractivity contribution in [1.29, 1.82) is 0 Å². The second kappa shape index (κ2) is 5.64. The first-order valence-electron chi connectivity index (χ1n) is 5.69. The molecule has 0 spiro atoms. The predicted octanol–water partition coefficient (Wildman–Crippen LogP) is 3.60. The molecule has 0 fully saturated rings. The van der Waals surface area contributed by atoms with Crippen molar-refractivity contribution in [2.75, 3.05) is 6.54 Å². The van der Waals surface area contributed by atoms with Gasteiger partial charge in [-0.15, -0.1) is 11.3 Å². The predicted molar refractivity (Wildman–Crippen MR) is 73.6 cm³/mol. The number of hydrogen-bond acceptors (Lipinski definition) is 2. The van der Waals surface area contributed by atoms with Gasteiger partial charge >= 0.3 is 0 Å². The summed E-state index contributed by atoms with van der Waals surface area (Å²) in [6.45, 7) is 2.67. The lowest BCUT2D eigenvalue weighted by molar-refractivity contribution is 0.0958. The van der Waals surface area contributed by atoms with Crippen molar-refractivity contribution < 1.29 is 4.79 Å². The Morgan fingerprint density at radius 1 is 1.41 bits per heavy atom. The van der Waals surface area contributed by atoms with E-state index in [1.165, 1.54) is 11.3 Å². The summed E-state index contributed by atoms with van der Waals surface area (Å²) in [5.74, 6) is 0.0238. The van der Waals surface area contributed by atoms with Crippen LogP contribution in [0.3, 0.4) is 0 Å². The van der Waals surface area contributed by atoms with Crippen LogP contribution in [0.4, 0.5) is 0 Å². The number of amides is 1. The first-order valence-corrected chi connectivity index (χ1v) is 6.51. The number of carbonyl (C=O) groups is 1. The van der Waals surface area contributed by atoms with Crippen LogP contribution in [0.25, 0.3) is 10.1 Å². The van der Waals surface area contributed by atoms with E-state index in [2.05, 4.69) is 5.32 Å². The van der Waals surface area contributed by atoms with E-state index < -0.39 is 0 Å². The highest BCUT2D eigenvalue weighted by molar-refractivity contribution is 7.20. The van der Waals surface area contributed by atoms with Crippen LogP contribution in [0.5, 0.6) is 0 Å². The molecule has 0 saturated carbocycles. The molecule has 0 aliphatic carbocycles. The van der Waals surface area contributed by atoms with E-state index in [1.54, 1.807) is 0 Å². The molecule has 0 radical (unpaired) electrons. The van der Waals surface area contributed by atoms with Crippen LogP contribution in [0, 0.1) is 0 Å². The lowest BCUT2D eigenvalue weighted by Gasteiger charge is -1.99. The molecule has 88 valence electrons. The van der Waals surface area contributed by atoms with Gasteiger partial charge in [0, 0.05) is 11.2 Å². The maximum absolute atomic E-state index is 11.9. The zero-order valence-corrected chi connectivity index (χ0v) is 10.6. The van der Waals surface area contributed by atoms with Gasteiger partial charge in [0.1, 0.15) is 0 Å². The zero-order chi connectivity index (χ0) is 12.1. The van der Waals surface area contributed by atoms with Gasteiger partial charge in [-0.1, -0.05) is 30.4 Å². The van der Waals surface area contributed by atoms with Crippen LogP contribution in [0.1, 0.15) is 23.0 Å². The van der Waals surface area contributed by atoms with Crippen molar-refractivity contribution >= 4 is 27.3 Å². The molecule has 1 aromatic carbocycles.